The number of fused-ring (bicyclic) bond motifs is 3. The van der Waals surface area contributed by atoms with E-state index in [1.54, 1.807) is 26.9 Å². The number of benzene rings is 1. The van der Waals surface area contributed by atoms with E-state index in [0.717, 1.165) is 26.8 Å². The minimum atomic E-state index is -4.50. The van der Waals surface area contributed by atoms with Gasteiger partial charge in [-0.15, -0.1) is 0 Å². The lowest BCUT2D eigenvalue weighted by atomic mass is 9.64. The molecule has 0 unspecified atom stereocenters. The van der Waals surface area contributed by atoms with Crippen molar-refractivity contribution in [1.29, 1.82) is 0 Å². The molecule has 1 fully saturated rings. The van der Waals surface area contributed by atoms with Crippen LogP contribution in [0.2, 0.25) is 0 Å². The van der Waals surface area contributed by atoms with Crippen LogP contribution in [-0.4, -0.2) is 72.2 Å². The summed E-state index contributed by atoms with van der Waals surface area (Å²) in [5.74, 6) is 0.626. The quantitative estimate of drug-likeness (QED) is 0.552. The number of aryl methyl sites for hydroxylation is 1. The third-order valence-corrected chi connectivity index (χ3v) is 6.16. The van der Waals surface area contributed by atoms with E-state index in [2.05, 4.69) is 0 Å². The molecular weight excluding hydrogens is 436 g/mol. The Hall–Kier alpha value is -2.33. The van der Waals surface area contributed by atoms with Crippen molar-refractivity contribution in [2.24, 2.45) is 0 Å². The van der Waals surface area contributed by atoms with Gasteiger partial charge in [0.1, 0.15) is 23.9 Å². The maximum absolute atomic E-state index is 13.2. The predicted octanol–water partition coefficient (Wildman–Crippen LogP) is -0.706. The van der Waals surface area contributed by atoms with Crippen LogP contribution in [0.15, 0.2) is 23.0 Å². The molecule has 2 aliphatic heterocycles. The van der Waals surface area contributed by atoms with E-state index in [1.807, 2.05) is 4.57 Å². The van der Waals surface area contributed by atoms with Crippen molar-refractivity contribution in [2.45, 2.75) is 37.6 Å². The fourth-order valence-corrected chi connectivity index (χ4v) is 4.20. The first-order valence-electron chi connectivity index (χ1n) is 10.9. The van der Waals surface area contributed by atoms with Crippen molar-refractivity contribution in [3.63, 3.8) is 0 Å². The Bertz CT molecular complexity index is 1110. The van der Waals surface area contributed by atoms with Gasteiger partial charge in [0.15, 0.2) is 34.8 Å². The van der Waals surface area contributed by atoms with E-state index in [0.29, 0.717) is 55.4 Å². The number of pyridine rings is 1. The zero-order chi connectivity index (χ0) is 24.0. The van der Waals surface area contributed by atoms with Gasteiger partial charge in [-0.1, -0.05) is 0 Å². The average molecular weight is 461 g/mol. The van der Waals surface area contributed by atoms with Crippen LogP contribution in [-0.2, 0) is 22.4 Å². The first kappa shape index (κ1) is 23.8. The van der Waals surface area contributed by atoms with Gasteiger partial charge in [0.25, 0.3) is 0 Å². The third-order valence-electron chi connectivity index (χ3n) is 6.16. The number of halogens is 3. The summed E-state index contributed by atoms with van der Waals surface area (Å²) in [5.41, 5.74) is 3.29. The maximum atomic E-state index is 13.2. The van der Waals surface area contributed by atoms with Gasteiger partial charge in [0.2, 0.25) is 0 Å². The Kier molecular flexibility index (Phi) is 6.35. The number of hydrogen-bond donors (Lipinski definition) is 0. The molecular formula is C21H25B3F3NO5. The largest absolute Gasteiger partial charge is 0.496 e. The van der Waals surface area contributed by atoms with Gasteiger partial charge in [-0.25, -0.2) is 0 Å². The second-order valence-corrected chi connectivity index (χ2v) is 8.94. The summed E-state index contributed by atoms with van der Waals surface area (Å²) < 4.78 is 64.1. The summed E-state index contributed by atoms with van der Waals surface area (Å²) in [5, 5.41) is -2.32. The third kappa shape index (κ3) is 4.55. The summed E-state index contributed by atoms with van der Waals surface area (Å²) in [6.45, 7) is 4.03. The molecule has 3 heterocycles. The molecule has 2 aliphatic rings. The summed E-state index contributed by atoms with van der Waals surface area (Å²) in [6.07, 6.45) is -4.15. The van der Waals surface area contributed by atoms with Gasteiger partial charge < -0.3 is 23.5 Å². The van der Waals surface area contributed by atoms with E-state index in [9.17, 15) is 18.0 Å². The topological polar surface area (TPSA) is 58.9 Å². The Morgan fingerprint density at radius 2 is 2.00 bits per heavy atom. The lowest BCUT2D eigenvalue weighted by Gasteiger charge is -2.32. The monoisotopic (exact) mass is 461 g/mol. The number of nitrogens with zero attached hydrogens (tertiary/aromatic N) is 1. The Morgan fingerprint density at radius 1 is 1.24 bits per heavy atom. The van der Waals surface area contributed by atoms with Crippen molar-refractivity contribution in [1.82, 2.24) is 4.57 Å². The van der Waals surface area contributed by atoms with Crippen molar-refractivity contribution in [3.05, 3.63) is 39.5 Å². The molecule has 1 aromatic carbocycles. The van der Waals surface area contributed by atoms with Crippen LogP contribution in [0.1, 0.15) is 11.1 Å². The molecule has 0 bridgehead atoms. The number of hydrogen-bond acceptors (Lipinski definition) is 5. The highest BCUT2D eigenvalue weighted by molar-refractivity contribution is 6.40. The average Bonchev–Trinajstić information content (AvgIpc) is 2.76. The molecule has 174 valence electrons. The lowest BCUT2D eigenvalue weighted by Crippen LogP contribution is -2.51. The predicted molar refractivity (Wildman–Crippen MR) is 125 cm³/mol. The van der Waals surface area contributed by atoms with Gasteiger partial charge in [-0.05, 0) is 37.1 Å². The van der Waals surface area contributed by atoms with Crippen molar-refractivity contribution in [2.75, 3.05) is 26.4 Å². The molecule has 0 spiro atoms. The van der Waals surface area contributed by atoms with Crippen LogP contribution in [0.5, 0.6) is 11.6 Å². The fourth-order valence-electron chi connectivity index (χ4n) is 4.20. The number of ether oxygens (including phenoxy) is 4. The van der Waals surface area contributed by atoms with Gasteiger partial charge in [-0.2, -0.15) is 13.2 Å². The SMILES string of the molecule is Bc1c(OC[C@@H]2COCCO2)n2c(c(C)c1=O)-c1ccc(OC(B)(B)C(F)(F)F)cc1CC2. The van der Waals surface area contributed by atoms with E-state index in [-0.39, 0.29) is 23.9 Å². The van der Waals surface area contributed by atoms with Crippen LogP contribution >= 0.6 is 0 Å². The van der Waals surface area contributed by atoms with Crippen LogP contribution in [0.4, 0.5) is 13.2 Å². The van der Waals surface area contributed by atoms with Crippen molar-refractivity contribution >= 4 is 29.0 Å². The molecule has 0 saturated carbocycles. The fraction of sp³-hybridized carbons (Fsp3) is 0.476. The van der Waals surface area contributed by atoms with Crippen molar-refractivity contribution in [3.8, 4) is 22.9 Å². The zero-order valence-corrected chi connectivity index (χ0v) is 19.2. The van der Waals surface area contributed by atoms with Crippen LogP contribution < -0.4 is 20.4 Å². The molecule has 0 N–H and O–H groups in total. The van der Waals surface area contributed by atoms with Gasteiger partial charge >= 0.3 is 6.18 Å². The highest BCUT2D eigenvalue weighted by Crippen LogP contribution is 2.37. The number of rotatable bonds is 5. The summed E-state index contributed by atoms with van der Waals surface area (Å²) in [6, 6.07) is 4.86. The van der Waals surface area contributed by atoms with E-state index >= 15 is 0 Å². The molecule has 1 aromatic heterocycles. The molecule has 0 radical (unpaired) electrons. The van der Waals surface area contributed by atoms with Crippen LogP contribution in [0.25, 0.3) is 11.3 Å². The standard InChI is InChI=1S/C21H25B3F3NO5/c1-11-17-15-3-2-13(33-20(23,24)21(25,26)27)8-12(15)4-5-28(17)19(16(22)18(11)29)32-10-14-9-30-6-7-31-14/h2-3,8,14H,4-7,9-10,22-24H2,1H3/t14-/m0/s1. The minimum Gasteiger partial charge on any atom is -0.496 e. The zero-order valence-electron chi connectivity index (χ0n) is 19.2. The van der Waals surface area contributed by atoms with E-state index in [1.165, 1.54) is 6.07 Å². The smallest absolute Gasteiger partial charge is 0.411 e. The molecule has 0 amide bonds. The second kappa shape index (κ2) is 8.79. The Morgan fingerprint density at radius 3 is 2.67 bits per heavy atom. The summed E-state index contributed by atoms with van der Waals surface area (Å²) in [4.78, 5) is 13.0. The van der Waals surface area contributed by atoms with E-state index < -0.39 is 11.6 Å². The number of alkyl halides is 3. The van der Waals surface area contributed by atoms with E-state index in [4.69, 9.17) is 18.9 Å². The van der Waals surface area contributed by atoms with Gasteiger partial charge in [-0.3, -0.25) is 4.79 Å². The first-order valence-corrected chi connectivity index (χ1v) is 10.9. The Balaban J connectivity index is 1.69. The molecule has 6 nitrogen and oxygen atoms in total. The van der Waals surface area contributed by atoms with Crippen LogP contribution in [0.3, 0.4) is 0 Å². The normalized spacial score (nSPS) is 18.4. The van der Waals surface area contributed by atoms with Crippen molar-refractivity contribution < 1.29 is 32.1 Å². The highest BCUT2D eigenvalue weighted by Gasteiger charge is 2.49. The first-order chi connectivity index (χ1) is 15.5. The molecule has 2 aromatic rings. The molecule has 0 aliphatic carbocycles. The summed E-state index contributed by atoms with van der Waals surface area (Å²) in [7, 11) is 3.74. The lowest BCUT2D eigenvalue weighted by molar-refractivity contribution is -0.185. The maximum Gasteiger partial charge on any atom is 0.411 e. The molecule has 33 heavy (non-hydrogen) atoms. The van der Waals surface area contributed by atoms with Gasteiger partial charge in [0, 0.05) is 23.1 Å². The molecule has 1 saturated heterocycles. The number of aromatic nitrogens is 1. The summed E-state index contributed by atoms with van der Waals surface area (Å²) >= 11 is 0. The second-order valence-electron chi connectivity index (χ2n) is 8.94. The van der Waals surface area contributed by atoms with Crippen LogP contribution in [0, 0.1) is 6.92 Å². The molecule has 1 atom stereocenters. The molecule has 12 heteroatoms. The Labute approximate surface area is 192 Å². The molecule has 4 rings (SSSR count). The van der Waals surface area contributed by atoms with Gasteiger partial charge in [0.05, 0.1) is 25.5 Å². The minimum absolute atomic E-state index is 0.122. The highest BCUT2D eigenvalue weighted by atomic mass is 19.4.